The fraction of sp³-hybridized carbons (Fsp3) is 0.286. The Labute approximate surface area is 121 Å². The van der Waals surface area contributed by atoms with E-state index in [0.29, 0.717) is 10.8 Å². The van der Waals surface area contributed by atoms with E-state index in [0.717, 1.165) is 24.0 Å². The van der Waals surface area contributed by atoms with Crippen LogP contribution in [0.4, 0.5) is 0 Å². The normalized spacial score (nSPS) is 10.5. The van der Waals surface area contributed by atoms with Gasteiger partial charge in [0, 0.05) is 5.75 Å². The lowest BCUT2D eigenvalue weighted by atomic mass is 10.3. The highest BCUT2D eigenvalue weighted by Crippen LogP contribution is 2.22. The first-order valence-electron chi connectivity index (χ1n) is 6.26. The van der Waals surface area contributed by atoms with Crippen molar-refractivity contribution in [2.24, 2.45) is 0 Å². The van der Waals surface area contributed by atoms with Crippen LogP contribution in [-0.2, 0) is 0 Å². The molecule has 0 aliphatic rings. The van der Waals surface area contributed by atoms with Crippen LogP contribution in [0.3, 0.4) is 0 Å². The molecule has 20 heavy (non-hydrogen) atoms. The molecule has 0 saturated carbocycles. The Kier molecular flexibility index (Phi) is 4.68. The maximum absolute atomic E-state index is 12.1. The van der Waals surface area contributed by atoms with Gasteiger partial charge in [-0.2, -0.15) is 4.98 Å². The number of hydrogen-bond donors (Lipinski definition) is 1. The van der Waals surface area contributed by atoms with Gasteiger partial charge in [-0.05, 0) is 30.7 Å². The average Bonchev–Trinajstić information content (AvgIpc) is 2.45. The number of nitrogens with zero attached hydrogens (tertiary/aromatic N) is 2. The van der Waals surface area contributed by atoms with Gasteiger partial charge in [-0.25, -0.2) is 0 Å². The minimum Gasteiger partial charge on any atom is -0.497 e. The fourth-order valence-electron chi connectivity index (χ4n) is 1.71. The maximum Gasteiger partial charge on any atom is 0.262 e. The van der Waals surface area contributed by atoms with Crippen LogP contribution in [-0.4, -0.2) is 27.5 Å². The van der Waals surface area contributed by atoms with Crippen molar-refractivity contribution >= 4 is 11.8 Å². The van der Waals surface area contributed by atoms with E-state index < -0.39 is 0 Å². The van der Waals surface area contributed by atoms with E-state index >= 15 is 0 Å². The number of aromatic hydroxyl groups is 1. The standard InChI is InChI=1S/C14H16N2O3S/c1-3-8-20-14-15-12(17)9-13(18)16(14)10-4-6-11(19-2)7-5-10/h4-7,9,17H,3,8H2,1-2H3. The molecule has 0 spiro atoms. The van der Waals surface area contributed by atoms with Crippen LogP contribution < -0.4 is 10.3 Å². The van der Waals surface area contributed by atoms with E-state index in [-0.39, 0.29) is 11.4 Å². The largest absolute Gasteiger partial charge is 0.497 e. The molecule has 0 bridgehead atoms. The molecule has 0 aliphatic carbocycles. The molecular formula is C14H16N2O3S. The molecule has 2 rings (SSSR count). The second kappa shape index (κ2) is 6.47. The van der Waals surface area contributed by atoms with Gasteiger partial charge in [0.25, 0.3) is 5.56 Å². The van der Waals surface area contributed by atoms with Gasteiger partial charge in [0.2, 0.25) is 5.88 Å². The SMILES string of the molecule is CCCSc1nc(O)cc(=O)n1-c1ccc(OC)cc1. The van der Waals surface area contributed by atoms with Gasteiger partial charge in [0.1, 0.15) is 5.75 Å². The summed E-state index contributed by atoms with van der Waals surface area (Å²) in [7, 11) is 1.59. The highest BCUT2D eigenvalue weighted by atomic mass is 32.2. The highest BCUT2D eigenvalue weighted by Gasteiger charge is 2.10. The number of ether oxygens (including phenoxy) is 1. The summed E-state index contributed by atoms with van der Waals surface area (Å²) in [5.41, 5.74) is 0.392. The number of methoxy groups -OCH3 is 1. The van der Waals surface area contributed by atoms with Gasteiger partial charge in [-0.3, -0.25) is 9.36 Å². The second-order valence-electron chi connectivity index (χ2n) is 4.12. The molecule has 1 aromatic carbocycles. The fourth-order valence-corrected chi connectivity index (χ4v) is 2.58. The topological polar surface area (TPSA) is 64.4 Å². The Morgan fingerprint density at radius 1 is 1.35 bits per heavy atom. The molecule has 0 unspecified atom stereocenters. The lowest BCUT2D eigenvalue weighted by Crippen LogP contribution is -2.20. The summed E-state index contributed by atoms with van der Waals surface area (Å²) in [6.07, 6.45) is 0.957. The van der Waals surface area contributed by atoms with Crippen molar-refractivity contribution in [1.29, 1.82) is 0 Å². The Balaban J connectivity index is 2.49. The van der Waals surface area contributed by atoms with Crippen LogP contribution in [0.2, 0.25) is 0 Å². The van der Waals surface area contributed by atoms with Crippen LogP contribution >= 0.6 is 11.8 Å². The lowest BCUT2D eigenvalue weighted by molar-refractivity contribution is 0.414. The molecule has 6 heteroatoms. The van der Waals surface area contributed by atoms with E-state index in [9.17, 15) is 9.90 Å². The van der Waals surface area contributed by atoms with E-state index in [1.165, 1.54) is 16.3 Å². The first-order chi connectivity index (χ1) is 9.65. The second-order valence-corrected chi connectivity index (χ2v) is 5.18. The van der Waals surface area contributed by atoms with E-state index in [1.54, 1.807) is 31.4 Å². The van der Waals surface area contributed by atoms with Gasteiger partial charge < -0.3 is 9.84 Å². The first-order valence-corrected chi connectivity index (χ1v) is 7.24. The Morgan fingerprint density at radius 2 is 2.05 bits per heavy atom. The van der Waals surface area contributed by atoms with Crippen molar-refractivity contribution in [3.05, 3.63) is 40.7 Å². The molecule has 0 atom stereocenters. The molecule has 1 N–H and O–H groups in total. The van der Waals surface area contributed by atoms with Crippen molar-refractivity contribution in [1.82, 2.24) is 9.55 Å². The number of aromatic nitrogens is 2. The van der Waals surface area contributed by atoms with Gasteiger partial charge in [-0.1, -0.05) is 18.7 Å². The Bertz CT molecular complexity index is 638. The predicted octanol–water partition coefficient (Wildman–Crippen LogP) is 2.45. The predicted molar refractivity (Wildman–Crippen MR) is 79.1 cm³/mol. The summed E-state index contributed by atoms with van der Waals surface area (Å²) in [4.78, 5) is 16.1. The molecular weight excluding hydrogens is 276 g/mol. The van der Waals surface area contributed by atoms with Gasteiger partial charge in [0.15, 0.2) is 5.16 Å². The van der Waals surface area contributed by atoms with Gasteiger partial charge in [-0.15, -0.1) is 0 Å². The zero-order chi connectivity index (χ0) is 14.5. The van der Waals surface area contributed by atoms with Crippen LogP contribution in [0.15, 0.2) is 40.3 Å². The van der Waals surface area contributed by atoms with Crippen LogP contribution in [0.1, 0.15) is 13.3 Å². The number of rotatable bonds is 5. The van der Waals surface area contributed by atoms with Crippen molar-refractivity contribution < 1.29 is 9.84 Å². The minimum absolute atomic E-state index is 0.252. The van der Waals surface area contributed by atoms with E-state index in [2.05, 4.69) is 4.98 Å². The molecule has 1 aromatic heterocycles. The van der Waals surface area contributed by atoms with E-state index in [4.69, 9.17) is 4.74 Å². The van der Waals surface area contributed by atoms with Crippen molar-refractivity contribution in [3.63, 3.8) is 0 Å². The molecule has 0 fully saturated rings. The summed E-state index contributed by atoms with van der Waals surface area (Å²) in [5.74, 6) is 1.29. The van der Waals surface area contributed by atoms with Gasteiger partial charge >= 0.3 is 0 Å². The monoisotopic (exact) mass is 292 g/mol. The third-order valence-corrected chi connectivity index (χ3v) is 3.78. The van der Waals surface area contributed by atoms with Crippen LogP contribution in [0, 0.1) is 0 Å². The number of hydrogen-bond acceptors (Lipinski definition) is 5. The molecule has 0 radical (unpaired) electrons. The third-order valence-electron chi connectivity index (χ3n) is 2.64. The molecule has 0 aliphatic heterocycles. The first kappa shape index (κ1) is 14.5. The zero-order valence-corrected chi connectivity index (χ0v) is 12.2. The molecule has 0 amide bonds. The number of benzene rings is 1. The number of thioether (sulfide) groups is 1. The summed E-state index contributed by atoms with van der Waals surface area (Å²) >= 11 is 1.44. The molecule has 1 heterocycles. The molecule has 5 nitrogen and oxygen atoms in total. The van der Waals surface area contributed by atoms with Gasteiger partial charge in [0.05, 0.1) is 18.9 Å². The minimum atomic E-state index is -0.304. The lowest BCUT2D eigenvalue weighted by Gasteiger charge is -2.11. The summed E-state index contributed by atoms with van der Waals surface area (Å²) < 4.78 is 6.59. The summed E-state index contributed by atoms with van der Waals surface area (Å²) in [6.45, 7) is 2.05. The highest BCUT2D eigenvalue weighted by molar-refractivity contribution is 7.99. The summed E-state index contributed by atoms with van der Waals surface area (Å²) in [6, 6.07) is 8.25. The van der Waals surface area contributed by atoms with Crippen LogP contribution in [0.5, 0.6) is 11.6 Å². The maximum atomic E-state index is 12.1. The third kappa shape index (κ3) is 3.14. The smallest absolute Gasteiger partial charge is 0.262 e. The molecule has 0 saturated heterocycles. The van der Waals surface area contributed by atoms with E-state index in [1.807, 2.05) is 6.92 Å². The van der Waals surface area contributed by atoms with Crippen molar-refractivity contribution in [2.75, 3.05) is 12.9 Å². The Morgan fingerprint density at radius 3 is 2.65 bits per heavy atom. The van der Waals surface area contributed by atoms with Crippen molar-refractivity contribution in [3.8, 4) is 17.3 Å². The zero-order valence-electron chi connectivity index (χ0n) is 11.4. The summed E-state index contributed by atoms with van der Waals surface area (Å²) in [5, 5.41) is 9.98. The molecule has 2 aromatic rings. The van der Waals surface area contributed by atoms with Crippen LogP contribution in [0.25, 0.3) is 5.69 Å². The average molecular weight is 292 g/mol. The molecule has 106 valence electrons. The van der Waals surface area contributed by atoms with Crippen molar-refractivity contribution in [2.45, 2.75) is 18.5 Å². The quantitative estimate of drug-likeness (QED) is 0.677. The Hall–Kier alpha value is -1.95.